The van der Waals surface area contributed by atoms with E-state index in [0.717, 1.165) is 0 Å². The van der Waals surface area contributed by atoms with E-state index in [1.165, 1.54) is 47.4 Å². The molecule has 2 aliphatic rings. The molecule has 0 spiro atoms. The molecule has 9 N–H and O–H groups in total. The molecule has 6 heterocycles. The Balaban J connectivity index is 1.12. The topological polar surface area (TPSA) is 353 Å². The molecule has 4 aromatic rings. The van der Waals surface area contributed by atoms with Crippen LogP contribution in [0.5, 0.6) is 0 Å². The predicted octanol–water partition coefficient (Wildman–Crippen LogP) is -1.66. The van der Waals surface area contributed by atoms with Crippen molar-refractivity contribution in [3.8, 4) is 0 Å². The zero-order valence-corrected chi connectivity index (χ0v) is 32.7. The molecule has 304 valence electrons. The van der Waals surface area contributed by atoms with Crippen LogP contribution in [0.1, 0.15) is 32.1 Å². The number of imidazole rings is 2. The zero-order chi connectivity index (χ0) is 40.4. The van der Waals surface area contributed by atoms with Gasteiger partial charge in [0, 0.05) is 7.11 Å². The van der Waals surface area contributed by atoms with Gasteiger partial charge in [-0.05, 0) is 32.6 Å². The molecule has 0 bridgehead atoms. The van der Waals surface area contributed by atoms with Crippen molar-refractivity contribution in [2.45, 2.75) is 76.1 Å². The number of aliphatic hydroxyl groups excluding tert-OH is 2. The minimum absolute atomic E-state index is 0.0147. The first-order valence-corrected chi connectivity index (χ1v) is 21.5. The summed E-state index contributed by atoms with van der Waals surface area (Å²) in [7, 11) is -8.41. The number of ether oxygens (including phenoxy) is 4. The summed E-state index contributed by atoms with van der Waals surface area (Å²) in [5.41, 5.74) is 4.59. The molecule has 6 rings (SSSR count). The number of hydrogen-bond acceptors (Lipinski definition) is 19. The van der Waals surface area contributed by atoms with Gasteiger partial charge in [0.25, 0.3) is 17.1 Å². The van der Waals surface area contributed by atoms with Gasteiger partial charge in [-0.25, -0.2) is 32.3 Å². The van der Waals surface area contributed by atoms with Crippen molar-refractivity contribution in [3.05, 3.63) is 39.2 Å². The fourth-order valence-electron chi connectivity index (χ4n) is 6.05. The lowest BCUT2D eigenvalue weighted by Crippen LogP contribution is -2.47. The van der Waals surface area contributed by atoms with E-state index in [1.54, 1.807) is 13.8 Å². The van der Waals surface area contributed by atoms with Crippen molar-refractivity contribution >= 4 is 62.4 Å². The Morgan fingerprint density at radius 1 is 1.05 bits per heavy atom. The number of nitrogens with zero attached hydrogens (tertiary/aromatic N) is 6. The Bertz CT molecular complexity index is 2350. The van der Waals surface area contributed by atoms with Crippen molar-refractivity contribution in [1.29, 1.82) is 0 Å². The standard InChI is InChI=1S/C25H36N9O17P3S/c1-9(2)46-16-11(47-22(14(16)35)33-7-27-12-18(33)28-10(3)29-20(12)37)6-45-52(39,40)50-54(43,55)51-53(41,42)49-24-15(36)17(44-5)23(48-24)34-8-32(4)13-19(34)30-25(26)31-21(13)38/h7-9,11,14-17,22-24,35-36H,6H2,1-5H3,(H6-,26,28,29,30,31,37,38,39,40,41,42,43,55)/p+1/t11-,14?,15?,16+,17+,22-,23-,24-,54?/m1/s1. The molecule has 55 heavy (non-hydrogen) atoms. The number of phosphoric ester groups is 2. The second-order valence-corrected chi connectivity index (χ2v) is 18.5. The van der Waals surface area contributed by atoms with Crippen LogP contribution in [-0.4, -0.2) is 116 Å². The average Bonchev–Trinajstić information content (AvgIpc) is 3.77. The minimum atomic E-state index is -5.62. The number of H-pyrrole nitrogens is 2. The van der Waals surface area contributed by atoms with Crippen LogP contribution in [0.3, 0.4) is 0 Å². The third-order valence-electron chi connectivity index (χ3n) is 8.12. The number of aromatic amines is 2. The Morgan fingerprint density at radius 2 is 1.75 bits per heavy atom. The van der Waals surface area contributed by atoms with E-state index in [0.29, 0.717) is 0 Å². The maximum atomic E-state index is 13.0. The molecule has 5 unspecified atom stereocenters. The van der Waals surface area contributed by atoms with Gasteiger partial charge in [0.15, 0.2) is 23.7 Å². The molecule has 0 radical (unpaired) electrons. The summed E-state index contributed by atoms with van der Waals surface area (Å²) in [5.74, 6) is -0.00172. The third kappa shape index (κ3) is 8.68. The SMILES string of the molecule is CO[C@H]1C(O)[C@@H](OP(=O)(O)OP(O)(=S)OP(=O)(O)OC[C@H]2O[C@@H](n3cnc4c(=O)[nH]c(C)nc43)C(O)[C@H]2OC(C)C)O[C@H]1[n+]1cn(C)c2c(=O)[nH]c(N)nc21. The first-order valence-electron chi connectivity index (χ1n) is 15.9. The lowest BCUT2D eigenvalue weighted by Gasteiger charge is -2.25. The number of methoxy groups -OCH3 is 1. The van der Waals surface area contributed by atoms with Crippen molar-refractivity contribution in [3.63, 3.8) is 0 Å². The predicted molar refractivity (Wildman–Crippen MR) is 185 cm³/mol. The molecule has 30 heteroatoms. The number of aryl methyl sites for hydroxylation is 2. The molecule has 2 aliphatic heterocycles. The number of nitrogens with one attached hydrogen (secondary N) is 2. The number of hydrogen-bond donors (Lipinski definition) is 8. The summed E-state index contributed by atoms with van der Waals surface area (Å²) >= 11 is 4.69. The minimum Gasteiger partial charge on any atom is -0.386 e. The Hall–Kier alpha value is -2.91. The van der Waals surface area contributed by atoms with E-state index in [2.05, 4.69) is 33.5 Å². The lowest BCUT2D eigenvalue weighted by molar-refractivity contribution is -0.747. The maximum absolute atomic E-state index is 13.0. The number of aliphatic hydroxyl groups is 2. The second-order valence-electron chi connectivity index (χ2n) is 12.5. The number of nitrogens with two attached hydrogens (primary N) is 1. The van der Waals surface area contributed by atoms with Gasteiger partial charge in [0.05, 0.1) is 26.1 Å². The van der Waals surface area contributed by atoms with Crippen LogP contribution in [-0.2, 0) is 64.6 Å². The molecule has 26 nitrogen and oxygen atoms in total. The summed E-state index contributed by atoms with van der Waals surface area (Å²) < 4.78 is 71.5. The summed E-state index contributed by atoms with van der Waals surface area (Å²) in [4.78, 5) is 73.5. The van der Waals surface area contributed by atoms with Crippen molar-refractivity contribution in [2.75, 3.05) is 19.5 Å². The summed E-state index contributed by atoms with van der Waals surface area (Å²) in [6.45, 7) is -1.23. The van der Waals surface area contributed by atoms with Crippen molar-refractivity contribution in [1.82, 2.24) is 34.1 Å². The molecule has 2 saturated heterocycles. The van der Waals surface area contributed by atoms with E-state index < -0.39 is 95.5 Å². The zero-order valence-electron chi connectivity index (χ0n) is 29.2. The maximum Gasteiger partial charge on any atom is 0.481 e. The molecule has 0 saturated carbocycles. The Kier molecular flexibility index (Phi) is 11.7. The molecule has 2 fully saturated rings. The van der Waals surface area contributed by atoms with Gasteiger partial charge in [-0.2, -0.15) is 0 Å². The average molecular weight is 861 g/mol. The number of rotatable bonds is 14. The highest BCUT2D eigenvalue weighted by atomic mass is 32.5. The Morgan fingerprint density at radius 3 is 2.42 bits per heavy atom. The van der Waals surface area contributed by atoms with E-state index in [9.17, 15) is 43.6 Å². The normalized spacial score (nSPS) is 29.2. The highest BCUT2D eigenvalue weighted by Gasteiger charge is 2.53. The van der Waals surface area contributed by atoms with Gasteiger partial charge in [0.2, 0.25) is 18.0 Å². The van der Waals surface area contributed by atoms with Gasteiger partial charge < -0.3 is 54.6 Å². The van der Waals surface area contributed by atoms with Crippen LogP contribution in [0.15, 0.2) is 22.2 Å². The number of fused-ring (bicyclic) bond motifs is 2. The molecular weight excluding hydrogens is 823 g/mol. The summed E-state index contributed by atoms with van der Waals surface area (Å²) in [6.07, 6.45) is -9.71. The summed E-state index contributed by atoms with van der Waals surface area (Å²) in [5, 5.41) is 22.0. The summed E-state index contributed by atoms with van der Waals surface area (Å²) in [6, 6.07) is 0. The number of phosphoric acid groups is 2. The van der Waals surface area contributed by atoms with Gasteiger partial charge in [-0.1, -0.05) is 4.98 Å². The number of anilines is 1. The van der Waals surface area contributed by atoms with Gasteiger partial charge in [-0.15, -0.1) is 0 Å². The van der Waals surface area contributed by atoms with Crippen LogP contribution in [0.4, 0.5) is 5.95 Å². The third-order valence-corrected chi connectivity index (χ3v) is 13.6. The first-order chi connectivity index (χ1) is 25.6. The van der Waals surface area contributed by atoms with E-state index in [4.69, 9.17) is 45.5 Å². The fourth-order valence-corrected chi connectivity index (χ4v) is 11.2. The van der Waals surface area contributed by atoms with Crippen molar-refractivity contribution in [2.24, 2.45) is 7.05 Å². The number of nitrogen functional groups attached to an aromatic ring is 1. The largest absolute Gasteiger partial charge is 0.481 e. The van der Waals surface area contributed by atoms with Crippen LogP contribution in [0.2, 0.25) is 0 Å². The lowest BCUT2D eigenvalue weighted by atomic mass is 10.1. The Labute approximate surface area is 313 Å². The van der Waals surface area contributed by atoms with Crippen molar-refractivity contribution < 1.29 is 75.2 Å². The second kappa shape index (κ2) is 15.4. The van der Waals surface area contributed by atoms with Crippen LogP contribution >= 0.6 is 22.4 Å². The molecule has 0 amide bonds. The number of aromatic nitrogens is 8. The van der Waals surface area contributed by atoms with Gasteiger partial charge >= 0.3 is 28.0 Å². The monoisotopic (exact) mass is 860 g/mol. The molecule has 4 aromatic heterocycles. The fraction of sp³-hybridized carbons (Fsp3) is 0.600. The highest BCUT2D eigenvalue weighted by molar-refractivity contribution is 8.09. The molecule has 0 aromatic carbocycles. The van der Waals surface area contributed by atoms with Crippen LogP contribution < -0.4 is 21.4 Å². The van der Waals surface area contributed by atoms with E-state index in [-0.39, 0.29) is 34.1 Å². The van der Waals surface area contributed by atoms with Gasteiger partial charge in [-0.3, -0.25) is 32.8 Å². The molecule has 0 aliphatic carbocycles. The van der Waals surface area contributed by atoms with Crippen LogP contribution in [0, 0.1) is 6.92 Å². The first kappa shape index (κ1) is 41.7. The van der Waals surface area contributed by atoms with E-state index in [1.807, 2.05) is 0 Å². The van der Waals surface area contributed by atoms with E-state index >= 15 is 0 Å². The highest BCUT2D eigenvalue weighted by Crippen LogP contribution is 2.68. The smallest absolute Gasteiger partial charge is 0.386 e. The molecular formula is C25H37N9O17P3S+. The van der Waals surface area contributed by atoms with Gasteiger partial charge in [0.1, 0.15) is 36.3 Å². The molecule has 11 atom stereocenters. The van der Waals surface area contributed by atoms with Crippen LogP contribution in [0.25, 0.3) is 22.3 Å². The quantitative estimate of drug-likeness (QED) is 0.0519.